The highest BCUT2D eigenvalue weighted by atomic mass is 16.3. The first-order valence-corrected chi connectivity index (χ1v) is 7.61. The SMILES string of the molecule is CCC(O)CN1CCN(c2ccnc3c2cnn3C)CC1. The topological polar surface area (TPSA) is 57.4 Å². The summed E-state index contributed by atoms with van der Waals surface area (Å²) in [6.45, 7) is 6.73. The molecule has 0 radical (unpaired) electrons. The number of fused-ring (bicyclic) bond motifs is 1. The second-order valence-corrected chi connectivity index (χ2v) is 5.69. The lowest BCUT2D eigenvalue weighted by atomic mass is 10.2. The number of hydrogen-bond acceptors (Lipinski definition) is 5. The molecule has 1 atom stereocenters. The predicted octanol–water partition coefficient (Wildman–Crippen LogP) is 0.861. The van der Waals surface area contributed by atoms with E-state index in [0.717, 1.165) is 50.2 Å². The Morgan fingerprint density at radius 1 is 1.29 bits per heavy atom. The fraction of sp³-hybridized carbons (Fsp3) is 0.600. The summed E-state index contributed by atoms with van der Waals surface area (Å²) >= 11 is 0. The van der Waals surface area contributed by atoms with Crippen molar-refractivity contribution in [2.24, 2.45) is 7.05 Å². The summed E-state index contributed by atoms with van der Waals surface area (Å²) < 4.78 is 1.81. The van der Waals surface area contributed by atoms with Gasteiger partial charge in [-0.05, 0) is 12.5 Å². The molecule has 0 spiro atoms. The number of anilines is 1. The van der Waals surface area contributed by atoms with E-state index in [9.17, 15) is 5.11 Å². The van der Waals surface area contributed by atoms with E-state index in [-0.39, 0.29) is 6.10 Å². The third kappa shape index (κ3) is 2.87. The molecule has 2 aromatic rings. The van der Waals surface area contributed by atoms with Crippen molar-refractivity contribution in [2.45, 2.75) is 19.4 Å². The lowest BCUT2D eigenvalue weighted by molar-refractivity contribution is 0.106. The van der Waals surface area contributed by atoms with Crippen LogP contribution in [0.25, 0.3) is 11.0 Å². The largest absolute Gasteiger partial charge is 0.392 e. The number of pyridine rings is 1. The number of aliphatic hydroxyl groups excluding tert-OH is 1. The quantitative estimate of drug-likeness (QED) is 0.905. The Labute approximate surface area is 125 Å². The number of aliphatic hydroxyl groups is 1. The minimum atomic E-state index is -0.206. The maximum atomic E-state index is 9.76. The van der Waals surface area contributed by atoms with Crippen molar-refractivity contribution in [3.8, 4) is 0 Å². The van der Waals surface area contributed by atoms with Crippen molar-refractivity contribution >= 4 is 16.7 Å². The smallest absolute Gasteiger partial charge is 0.159 e. The van der Waals surface area contributed by atoms with Crippen LogP contribution in [0.5, 0.6) is 0 Å². The molecule has 0 amide bonds. The van der Waals surface area contributed by atoms with Gasteiger partial charge in [0.15, 0.2) is 5.65 Å². The Balaban J connectivity index is 1.71. The zero-order valence-corrected chi connectivity index (χ0v) is 12.7. The second kappa shape index (κ2) is 5.99. The predicted molar refractivity (Wildman–Crippen MR) is 83.5 cm³/mol. The van der Waals surface area contributed by atoms with Gasteiger partial charge in [-0.15, -0.1) is 0 Å². The average molecular weight is 289 g/mol. The monoisotopic (exact) mass is 289 g/mol. The molecule has 6 nitrogen and oxygen atoms in total. The van der Waals surface area contributed by atoms with Gasteiger partial charge in [0.05, 0.1) is 23.4 Å². The minimum absolute atomic E-state index is 0.206. The van der Waals surface area contributed by atoms with Crippen LogP contribution in [0, 0.1) is 0 Å². The van der Waals surface area contributed by atoms with E-state index in [2.05, 4.69) is 25.9 Å². The highest BCUT2D eigenvalue weighted by molar-refractivity contribution is 5.89. The Morgan fingerprint density at radius 3 is 2.76 bits per heavy atom. The molecule has 1 N–H and O–H groups in total. The zero-order chi connectivity index (χ0) is 14.8. The first kappa shape index (κ1) is 14.3. The first-order valence-electron chi connectivity index (χ1n) is 7.61. The van der Waals surface area contributed by atoms with E-state index in [0.29, 0.717) is 0 Å². The van der Waals surface area contributed by atoms with E-state index >= 15 is 0 Å². The molecular weight excluding hydrogens is 266 g/mol. The normalized spacial score (nSPS) is 18.3. The molecule has 1 aliphatic heterocycles. The van der Waals surface area contributed by atoms with Crippen molar-refractivity contribution in [1.29, 1.82) is 0 Å². The maximum absolute atomic E-state index is 9.76. The molecule has 1 unspecified atom stereocenters. The first-order chi connectivity index (χ1) is 10.2. The Hall–Kier alpha value is -1.66. The summed E-state index contributed by atoms with van der Waals surface area (Å²) in [6.07, 6.45) is 4.36. The molecule has 0 aromatic carbocycles. The summed E-state index contributed by atoms with van der Waals surface area (Å²) in [4.78, 5) is 9.12. The molecule has 1 fully saturated rings. The van der Waals surface area contributed by atoms with E-state index < -0.39 is 0 Å². The van der Waals surface area contributed by atoms with Crippen LogP contribution in [0.3, 0.4) is 0 Å². The fourth-order valence-corrected chi connectivity index (χ4v) is 2.91. The lowest BCUT2D eigenvalue weighted by Gasteiger charge is -2.37. The minimum Gasteiger partial charge on any atom is -0.392 e. The van der Waals surface area contributed by atoms with Gasteiger partial charge in [0.25, 0.3) is 0 Å². The van der Waals surface area contributed by atoms with Crippen LogP contribution >= 0.6 is 0 Å². The van der Waals surface area contributed by atoms with Crippen molar-refractivity contribution in [3.63, 3.8) is 0 Å². The van der Waals surface area contributed by atoms with Gasteiger partial charge in [-0.1, -0.05) is 6.92 Å². The van der Waals surface area contributed by atoms with Gasteiger partial charge in [-0.25, -0.2) is 4.98 Å². The van der Waals surface area contributed by atoms with Crippen molar-refractivity contribution in [2.75, 3.05) is 37.6 Å². The average Bonchev–Trinajstić information content (AvgIpc) is 2.90. The van der Waals surface area contributed by atoms with Crippen LogP contribution < -0.4 is 4.90 Å². The third-order valence-electron chi connectivity index (χ3n) is 4.27. The Kier molecular flexibility index (Phi) is 4.07. The van der Waals surface area contributed by atoms with Crippen molar-refractivity contribution in [3.05, 3.63) is 18.5 Å². The van der Waals surface area contributed by atoms with Gasteiger partial charge in [0.2, 0.25) is 0 Å². The molecule has 3 heterocycles. The molecule has 1 aliphatic rings. The summed E-state index contributed by atoms with van der Waals surface area (Å²) in [6, 6.07) is 2.07. The van der Waals surface area contributed by atoms with Crippen LogP contribution in [0.1, 0.15) is 13.3 Å². The number of rotatable bonds is 4. The van der Waals surface area contributed by atoms with Crippen molar-refractivity contribution < 1.29 is 5.11 Å². The van der Waals surface area contributed by atoms with Crippen LogP contribution in [-0.2, 0) is 7.05 Å². The van der Waals surface area contributed by atoms with E-state index in [1.54, 1.807) is 0 Å². The standard InChI is InChI=1S/C15H23N5O/c1-3-12(21)11-19-6-8-20(9-7-19)14-4-5-16-15-13(14)10-17-18(15)2/h4-5,10,12,21H,3,6-9,11H2,1-2H3. The van der Waals surface area contributed by atoms with Gasteiger partial charge in [0.1, 0.15) is 0 Å². The Morgan fingerprint density at radius 2 is 2.05 bits per heavy atom. The van der Waals surface area contributed by atoms with E-state index in [1.165, 1.54) is 5.69 Å². The molecule has 114 valence electrons. The van der Waals surface area contributed by atoms with E-state index in [1.807, 2.05) is 31.0 Å². The second-order valence-electron chi connectivity index (χ2n) is 5.69. The maximum Gasteiger partial charge on any atom is 0.159 e. The summed E-state index contributed by atoms with van der Waals surface area (Å²) in [5.74, 6) is 0. The highest BCUT2D eigenvalue weighted by Gasteiger charge is 2.20. The molecule has 21 heavy (non-hydrogen) atoms. The summed E-state index contributed by atoms with van der Waals surface area (Å²) in [5.41, 5.74) is 2.14. The molecule has 1 saturated heterocycles. The highest BCUT2D eigenvalue weighted by Crippen LogP contribution is 2.25. The van der Waals surface area contributed by atoms with Gasteiger partial charge >= 0.3 is 0 Å². The molecule has 2 aromatic heterocycles. The van der Waals surface area contributed by atoms with Crippen LogP contribution in [-0.4, -0.2) is 63.6 Å². The molecule has 3 rings (SSSR count). The van der Waals surface area contributed by atoms with Gasteiger partial charge in [0, 0.05) is 46.0 Å². The molecule has 0 bridgehead atoms. The number of hydrogen-bond donors (Lipinski definition) is 1. The number of nitrogens with zero attached hydrogens (tertiary/aromatic N) is 5. The van der Waals surface area contributed by atoms with Crippen LogP contribution in [0.4, 0.5) is 5.69 Å². The molecule has 6 heteroatoms. The van der Waals surface area contributed by atoms with Gasteiger partial charge in [-0.2, -0.15) is 5.10 Å². The molecular formula is C15H23N5O. The molecule has 0 saturated carbocycles. The zero-order valence-electron chi connectivity index (χ0n) is 12.7. The van der Waals surface area contributed by atoms with Gasteiger partial charge in [-0.3, -0.25) is 9.58 Å². The fourth-order valence-electron chi connectivity index (χ4n) is 2.91. The number of piperazine rings is 1. The van der Waals surface area contributed by atoms with E-state index in [4.69, 9.17) is 0 Å². The number of β-amino-alcohol motifs (C(OH)–C–C–N with tert-alkyl or cyclic N) is 1. The van der Waals surface area contributed by atoms with Crippen molar-refractivity contribution in [1.82, 2.24) is 19.7 Å². The molecule has 0 aliphatic carbocycles. The van der Waals surface area contributed by atoms with Crippen LogP contribution in [0.2, 0.25) is 0 Å². The summed E-state index contributed by atoms with van der Waals surface area (Å²) in [7, 11) is 1.92. The number of aromatic nitrogens is 3. The number of aryl methyl sites for hydroxylation is 1. The third-order valence-corrected chi connectivity index (χ3v) is 4.27. The Bertz CT molecular complexity index is 603. The summed E-state index contributed by atoms with van der Waals surface area (Å²) in [5, 5.41) is 15.2. The lowest BCUT2D eigenvalue weighted by Crippen LogP contribution is -2.48. The van der Waals surface area contributed by atoms with Crippen LogP contribution in [0.15, 0.2) is 18.5 Å². The van der Waals surface area contributed by atoms with Gasteiger partial charge < -0.3 is 10.0 Å².